The van der Waals surface area contributed by atoms with Crippen LogP contribution in [0.1, 0.15) is 78.6 Å². The molecule has 1 fully saturated rings. The number of rotatable bonds is 18. The molecule has 1 saturated carbocycles. The number of hydrogen-bond donors (Lipinski definition) is 5. The highest BCUT2D eigenvalue weighted by atomic mass is 16.5. The lowest BCUT2D eigenvalue weighted by Crippen LogP contribution is -2.53. The maximum absolute atomic E-state index is 12.3. The maximum atomic E-state index is 12.3. The molecule has 0 aromatic heterocycles. The number of unbranched alkanes of at least 4 members (excludes halogenated alkanes) is 4. The molecule has 1 aliphatic carbocycles. The van der Waals surface area contributed by atoms with Crippen LogP contribution >= 0.6 is 0 Å². The number of primary amides is 1. The van der Waals surface area contributed by atoms with Gasteiger partial charge in [0.05, 0.1) is 6.61 Å². The first-order chi connectivity index (χ1) is 16.0. The molecule has 0 heterocycles. The minimum Gasteiger partial charge on any atom is -0.481 e. The third-order valence-electron chi connectivity index (χ3n) is 5.76. The Morgan fingerprint density at radius 3 is 2.29 bits per heavy atom. The average molecular weight is 485 g/mol. The molecule has 5 atom stereocenters. The second kappa shape index (κ2) is 15.3. The summed E-state index contributed by atoms with van der Waals surface area (Å²) >= 11 is 0. The molecule has 0 saturated heterocycles. The van der Waals surface area contributed by atoms with Crippen molar-refractivity contribution in [3.63, 3.8) is 0 Å². The molecule has 0 unspecified atom stereocenters. The summed E-state index contributed by atoms with van der Waals surface area (Å²) in [5, 5.41) is 16.6. The summed E-state index contributed by atoms with van der Waals surface area (Å²) < 4.78 is 5.60. The van der Waals surface area contributed by atoms with E-state index in [-0.39, 0.29) is 30.7 Å². The molecule has 11 nitrogen and oxygen atoms in total. The van der Waals surface area contributed by atoms with Gasteiger partial charge in [0.1, 0.15) is 18.2 Å². The second-order valence-corrected chi connectivity index (χ2v) is 8.94. The van der Waals surface area contributed by atoms with Crippen molar-refractivity contribution in [2.75, 3.05) is 6.61 Å². The van der Waals surface area contributed by atoms with E-state index in [9.17, 15) is 24.0 Å². The van der Waals surface area contributed by atoms with E-state index in [4.69, 9.17) is 15.6 Å². The van der Waals surface area contributed by atoms with Gasteiger partial charge >= 0.3 is 5.97 Å². The molecule has 194 valence electrons. The van der Waals surface area contributed by atoms with E-state index in [0.29, 0.717) is 13.0 Å². The zero-order chi connectivity index (χ0) is 25.7. The van der Waals surface area contributed by atoms with Crippen molar-refractivity contribution in [1.29, 1.82) is 0 Å². The fraction of sp³-hybridized carbons (Fsp3) is 0.783. The Hall–Kier alpha value is -2.69. The van der Waals surface area contributed by atoms with Crippen LogP contribution in [0.5, 0.6) is 0 Å². The number of carboxylic acid groups (broad SMARTS) is 1. The summed E-state index contributed by atoms with van der Waals surface area (Å²) in [6.07, 6.45) is 5.51. The molecule has 1 aliphatic rings. The third-order valence-corrected chi connectivity index (χ3v) is 5.76. The first kappa shape index (κ1) is 29.3. The summed E-state index contributed by atoms with van der Waals surface area (Å²) in [5.41, 5.74) is 5.20. The van der Waals surface area contributed by atoms with Crippen LogP contribution in [-0.4, -0.2) is 65.5 Å². The van der Waals surface area contributed by atoms with Crippen LogP contribution in [0.2, 0.25) is 0 Å². The van der Waals surface area contributed by atoms with Crippen molar-refractivity contribution in [2.45, 2.75) is 103 Å². The smallest absolute Gasteiger partial charge is 0.303 e. The van der Waals surface area contributed by atoms with Gasteiger partial charge in [-0.1, -0.05) is 32.6 Å². The fourth-order valence-corrected chi connectivity index (χ4v) is 3.37. The number of hydrogen-bond acceptors (Lipinski definition) is 6. The fourth-order valence-electron chi connectivity index (χ4n) is 3.37. The van der Waals surface area contributed by atoms with Crippen molar-refractivity contribution in [1.82, 2.24) is 16.0 Å². The highest BCUT2D eigenvalue weighted by Gasteiger charge is 2.39. The van der Waals surface area contributed by atoms with Crippen LogP contribution in [0.4, 0.5) is 0 Å². The van der Waals surface area contributed by atoms with Crippen LogP contribution in [0.25, 0.3) is 0 Å². The van der Waals surface area contributed by atoms with Gasteiger partial charge in [-0.15, -0.1) is 0 Å². The number of carbonyl (C=O) groups excluding carboxylic acids is 4. The lowest BCUT2D eigenvalue weighted by atomic mass is 10.1. The highest BCUT2D eigenvalue weighted by Crippen LogP contribution is 2.31. The number of aliphatic carboxylic acids is 1. The van der Waals surface area contributed by atoms with E-state index in [1.165, 1.54) is 19.8 Å². The lowest BCUT2D eigenvalue weighted by Gasteiger charge is -2.20. The Balaban J connectivity index is 2.28. The molecule has 0 radical (unpaired) electrons. The minimum absolute atomic E-state index is 0.0484. The second-order valence-electron chi connectivity index (χ2n) is 8.94. The Bertz CT molecular complexity index is 715. The molecule has 34 heavy (non-hydrogen) atoms. The summed E-state index contributed by atoms with van der Waals surface area (Å²) in [5.74, 6) is -2.93. The van der Waals surface area contributed by atoms with E-state index in [0.717, 1.165) is 25.7 Å². The molecule has 0 bridgehead atoms. The van der Waals surface area contributed by atoms with Crippen molar-refractivity contribution in [2.24, 2.45) is 11.7 Å². The van der Waals surface area contributed by atoms with Gasteiger partial charge in [0.2, 0.25) is 23.6 Å². The predicted octanol–water partition coefficient (Wildman–Crippen LogP) is 0.596. The molecule has 0 aromatic rings. The van der Waals surface area contributed by atoms with Gasteiger partial charge in [-0.05, 0) is 33.1 Å². The minimum atomic E-state index is -1.14. The zero-order valence-electron chi connectivity index (χ0n) is 20.4. The molecule has 11 heteroatoms. The number of nitrogens with one attached hydrogen (secondary N) is 3. The number of amides is 4. The topological polar surface area (TPSA) is 177 Å². The highest BCUT2D eigenvalue weighted by molar-refractivity contribution is 5.92. The van der Waals surface area contributed by atoms with Gasteiger partial charge in [-0.3, -0.25) is 24.0 Å². The van der Waals surface area contributed by atoms with E-state index in [1.54, 1.807) is 6.92 Å². The van der Waals surface area contributed by atoms with E-state index in [1.807, 2.05) is 0 Å². The lowest BCUT2D eigenvalue weighted by molar-refractivity contribution is -0.138. The first-order valence-corrected chi connectivity index (χ1v) is 12.1. The van der Waals surface area contributed by atoms with Crippen LogP contribution in [-0.2, 0) is 28.7 Å². The predicted molar refractivity (Wildman–Crippen MR) is 124 cm³/mol. The first-order valence-electron chi connectivity index (χ1n) is 12.1. The van der Waals surface area contributed by atoms with Crippen molar-refractivity contribution in [3.8, 4) is 0 Å². The molecule has 0 spiro atoms. The Morgan fingerprint density at radius 2 is 1.68 bits per heavy atom. The van der Waals surface area contributed by atoms with Gasteiger partial charge in [-0.25, -0.2) is 0 Å². The molecule has 1 rings (SSSR count). The van der Waals surface area contributed by atoms with Gasteiger partial charge in [0.25, 0.3) is 0 Å². The van der Waals surface area contributed by atoms with Crippen molar-refractivity contribution < 1.29 is 33.8 Å². The standard InChI is InChI=1S/C23H40N4O7/c1-4-5-6-7-8-9-19(28)26-18-12-16(18)13-34-15(3)23(33)25-14(2)22(32)27-17(21(24)31)10-11-20(29)30/h14-18H,4-13H2,1-3H3,(H2,24,31)(H,25,33)(H,26,28)(H,27,32)(H,29,30)/t14-,15+,16-,17+,18+/m0/s1. The number of carbonyl (C=O) groups is 5. The molecule has 0 aromatic carbocycles. The van der Waals surface area contributed by atoms with Crippen LogP contribution in [0.3, 0.4) is 0 Å². The summed E-state index contributed by atoms with van der Waals surface area (Å²) in [6.45, 7) is 5.46. The van der Waals surface area contributed by atoms with Gasteiger partial charge < -0.3 is 31.5 Å². The average Bonchev–Trinajstić information content (AvgIpc) is 3.51. The van der Waals surface area contributed by atoms with Gasteiger partial charge in [0, 0.05) is 24.8 Å². The third kappa shape index (κ3) is 12.0. The van der Waals surface area contributed by atoms with Crippen LogP contribution < -0.4 is 21.7 Å². The normalized spacial score (nSPS) is 19.4. The van der Waals surface area contributed by atoms with E-state index < -0.39 is 41.9 Å². The summed E-state index contributed by atoms with van der Waals surface area (Å²) in [6, 6.07) is -2.05. The molecular weight excluding hydrogens is 444 g/mol. The molecular formula is C23H40N4O7. The van der Waals surface area contributed by atoms with Gasteiger partial charge in [-0.2, -0.15) is 0 Å². The quantitative estimate of drug-likeness (QED) is 0.177. The van der Waals surface area contributed by atoms with Crippen LogP contribution in [0.15, 0.2) is 0 Å². The maximum Gasteiger partial charge on any atom is 0.303 e. The number of nitrogens with two attached hydrogens (primary N) is 1. The van der Waals surface area contributed by atoms with Crippen molar-refractivity contribution >= 4 is 29.6 Å². The largest absolute Gasteiger partial charge is 0.481 e. The number of carboxylic acids is 1. The Labute approximate surface area is 200 Å². The SMILES string of the molecule is CCCCCCCC(=O)N[C@@H]1C[C@H]1CO[C@H](C)C(=O)N[C@@H](C)C(=O)N[C@H](CCC(=O)O)C(N)=O. The van der Waals surface area contributed by atoms with Gasteiger partial charge in [0.15, 0.2) is 0 Å². The Kier molecular flexibility index (Phi) is 13.2. The molecule has 6 N–H and O–H groups in total. The van der Waals surface area contributed by atoms with Crippen LogP contribution in [0, 0.1) is 5.92 Å². The summed E-state index contributed by atoms with van der Waals surface area (Å²) in [7, 11) is 0. The van der Waals surface area contributed by atoms with E-state index >= 15 is 0 Å². The molecule has 0 aliphatic heterocycles. The molecule has 4 amide bonds. The Morgan fingerprint density at radius 1 is 1.00 bits per heavy atom. The number of ether oxygens (including phenoxy) is 1. The summed E-state index contributed by atoms with van der Waals surface area (Å²) in [4.78, 5) is 58.6. The van der Waals surface area contributed by atoms with E-state index in [2.05, 4.69) is 22.9 Å². The van der Waals surface area contributed by atoms with Crippen molar-refractivity contribution in [3.05, 3.63) is 0 Å². The zero-order valence-corrected chi connectivity index (χ0v) is 20.4. The monoisotopic (exact) mass is 484 g/mol.